The summed E-state index contributed by atoms with van der Waals surface area (Å²) in [5.41, 5.74) is 0. The van der Waals surface area contributed by atoms with Crippen LogP contribution in [0.15, 0.2) is 11.6 Å². The highest BCUT2D eigenvalue weighted by Gasteiger charge is 2.26. The number of nitrogens with one attached hydrogen (secondary N) is 1. The minimum atomic E-state index is 0.0422. The molecule has 0 aromatic carbocycles. The molecule has 2 atom stereocenters. The molecule has 0 saturated carbocycles. The first-order chi connectivity index (χ1) is 8.16. The summed E-state index contributed by atoms with van der Waals surface area (Å²) in [6, 6.07) is 1.00. The van der Waals surface area contributed by atoms with Crippen LogP contribution in [0.5, 0.6) is 0 Å². The van der Waals surface area contributed by atoms with Crippen molar-refractivity contribution < 1.29 is 4.79 Å². The highest BCUT2D eigenvalue weighted by molar-refractivity contribution is 7.13. The van der Waals surface area contributed by atoms with Gasteiger partial charge in [0.25, 0.3) is 0 Å². The van der Waals surface area contributed by atoms with E-state index in [1.54, 1.807) is 6.20 Å². The van der Waals surface area contributed by atoms with Gasteiger partial charge in [-0.2, -0.15) is 0 Å². The fraction of sp³-hybridized carbons (Fsp3) is 0.667. The number of likely N-dealkylation sites (tertiary alicyclic amines) is 1. The fourth-order valence-corrected chi connectivity index (χ4v) is 2.94. The number of hydrogen-bond donors (Lipinski definition) is 1. The molecule has 1 N–H and O–H groups in total. The van der Waals surface area contributed by atoms with Gasteiger partial charge in [0.15, 0.2) is 5.13 Å². The number of hydrogen-bond acceptors (Lipinski definition) is 4. The number of aromatic nitrogens is 1. The molecule has 2 rings (SSSR count). The molecule has 5 heteroatoms. The molecule has 1 aliphatic heterocycles. The van der Waals surface area contributed by atoms with E-state index in [4.69, 9.17) is 0 Å². The van der Waals surface area contributed by atoms with E-state index < -0.39 is 0 Å². The van der Waals surface area contributed by atoms with Crippen molar-refractivity contribution in [2.24, 2.45) is 0 Å². The third-order valence-electron chi connectivity index (χ3n) is 3.38. The minimum absolute atomic E-state index is 0.0422. The third kappa shape index (κ3) is 3.26. The van der Waals surface area contributed by atoms with Gasteiger partial charge in [-0.1, -0.05) is 6.42 Å². The van der Waals surface area contributed by atoms with Crippen LogP contribution in [-0.4, -0.2) is 34.4 Å². The van der Waals surface area contributed by atoms with E-state index in [9.17, 15) is 4.79 Å². The topological polar surface area (TPSA) is 45.2 Å². The van der Waals surface area contributed by atoms with Crippen LogP contribution in [0.2, 0.25) is 0 Å². The van der Waals surface area contributed by atoms with Gasteiger partial charge in [-0.3, -0.25) is 9.69 Å². The lowest BCUT2D eigenvalue weighted by Gasteiger charge is -2.38. The van der Waals surface area contributed by atoms with E-state index in [0.29, 0.717) is 23.8 Å². The minimum Gasteiger partial charge on any atom is -0.301 e. The normalized spacial score (nSPS) is 25.8. The molecule has 1 aromatic rings. The molecular formula is C12H19N3OS. The standard InChI is InChI=1S/C12H19N3OS/c1-9-4-3-5-10(2)15(9)8-11(16)14-12-13-6-7-17-12/h6-7,9-10H,3-5,8H2,1-2H3,(H,13,14,16). The lowest BCUT2D eigenvalue weighted by Crippen LogP contribution is -2.47. The lowest BCUT2D eigenvalue weighted by atomic mass is 9.97. The Morgan fingerprint density at radius 2 is 2.24 bits per heavy atom. The highest BCUT2D eigenvalue weighted by Crippen LogP contribution is 2.22. The Morgan fingerprint density at radius 3 is 2.82 bits per heavy atom. The second-order valence-corrected chi connectivity index (χ2v) is 5.58. The summed E-state index contributed by atoms with van der Waals surface area (Å²) in [6.07, 6.45) is 5.35. The molecular weight excluding hydrogens is 234 g/mol. The second kappa shape index (κ2) is 5.60. The Hall–Kier alpha value is -0.940. The number of thiazole rings is 1. The molecule has 17 heavy (non-hydrogen) atoms. The first-order valence-corrected chi connectivity index (χ1v) is 7.00. The lowest BCUT2D eigenvalue weighted by molar-refractivity contribution is -0.118. The number of carbonyl (C=O) groups is 1. The van der Waals surface area contributed by atoms with Crippen LogP contribution >= 0.6 is 11.3 Å². The summed E-state index contributed by atoms with van der Waals surface area (Å²) in [5, 5.41) is 5.39. The summed E-state index contributed by atoms with van der Waals surface area (Å²) < 4.78 is 0. The Bertz CT molecular complexity index is 356. The molecule has 0 spiro atoms. The smallest absolute Gasteiger partial charge is 0.240 e. The van der Waals surface area contributed by atoms with Crippen molar-refractivity contribution in [2.75, 3.05) is 11.9 Å². The molecule has 4 nitrogen and oxygen atoms in total. The van der Waals surface area contributed by atoms with E-state index in [2.05, 4.69) is 29.0 Å². The van der Waals surface area contributed by atoms with Crippen molar-refractivity contribution in [3.8, 4) is 0 Å². The van der Waals surface area contributed by atoms with Crippen molar-refractivity contribution in [1.82, 2.24) is 9.88 Å². The molecule has 1 aliphatic rings. The van der Waals surface area contributed by atoms with Crippen LogP contribution in [0.3, 0.4) is 0 Å². The number of nitrogens with zero attached hydrogens (tertiary/aromatic N) is 2. The van der Waals surface area contributed by atoms with Crippen LogP contribution in [0.25, 0.3) is 0 Å². The summed E-state index contributed by atoms with van der Waals surface area (Å²) in [7, 11) is 0. The Morgan fingerprint density at radius 1 is 1.53 bits per heavy atom. The maximum absolute atomic E-state index is 11.9. The zero-order valence-electron chi connectivity index (χ0n) is 10.3. The number of carbonyl (C=O) groups excluding carboxylic acids is 1. The molecule has 2 unspecified atom stereocenters. The van der Waals surface area contributed by atoms with E-state index in [0.717, 1.165) is 0 Å². The predicted octanol–water partition coefficient (Wildman–Crippen LogP) is 2.34. The van der Waals surface area contributed by atoms with E-state index in [1.807, 2.05) is 5.38 Å². The maximum atomic E-state index is 11.9. The average molecular weight is 253 g/mol. The molecule has 0 radical (unpaired) electrons. The van der Waals surface area contributed by atoms with Gasteiger partial charge in [0.2, 0.25) is 5.91 Å². The van der Waals surface area contributed by atoms with Crippen LogP contribution in [0.1, 0.15) is 33.1 Å². The van der Waals surface area contributed by atoms with Crippen molar-refractivity contribution >= 4 is 22.4 Å². The van der Waals surface area contributed by atoms with E-state index in [1.165, 1.54) is 30.6 Å². The van der Waals surface area contributed by atoms with Crippen molar-refractivity contribution in [2.45, 2.75) is 45.2 Å². The largest absolute Gasteiger partial charge is 0.301 e. The first kappa shape index (κ1) is 12.5. The fourth-order valence-electron chi connectivity index (χ4n) is 2.40. The summed E-state index contributed by atoms with van der Waals surface area (Å²) in [4.78, 5) is 18.2. The number of anilines is 1. The van der Waals surface area contributed by atoms with Crippen LogP contribution in [0, 0.1) is 0 Å². The Kier molecular flexibility index (Phi) is 4.12. The van der Waals surface area contributed by atoms with Crippen LogP contribution in [-0.2, 0) is 4.79 Å². The first-order valence-electron chi connectivity index (χ1n) is 6.12. The molecule has 1 fully saturated rings. The predicted molar refractivity (Wildman–Crippen MR) is 70.2 cm³/mol. The Balaban J connectivity index is 1.88. The van der Waals surface area contributed by atoms with Crippen LogP contribution in [0.4, 0.5) is 5.13 Å². The monoisotopic (exact) mass is 253 g/mol. The van der Waals surface area contributed by atoms with Crippen molar-refractivity contribution in [1.29, 1.82) is 0 Å². The Labute approximate surface area is 106 Å². The number of rotatable bonds is 3. The van der Waals surface area contributed by atoms with Crippen LogP contribution < -0.4 is 5.32 Å². The third-order valence-corrected chi connectivity index (χ3v) is 4.07. The quantitative estimate of drug-likeness (QED) is 0.899. The van der Waals surface area contributed by atoms with E-state index >= 15 is 0 Å². The van der Waals surface area contributed by atoms with Gasteiger partial charge in [-0.25, -0.2) is 4.98 Å². The summed E-state index contributed by atoms with van der Waals surface area (Å²) >= 11 is 1.45. The van der Waals surface area contributed by atoms with Crippen molar-refractivity contribution in [3.63, 3.8) is 0 Å². The molecule has 2 heterocycles. The summed E-state index contributed by atoms with van der Waals surface area (Å²) in [6.45, 7) is 4.88. The van der Waals surface area contributed by atoms with Gasteiger partial charge in [-0.15, -0.1) is 11.3 Å². The van der Waals surface area contributed by atoms with Gasteiger partial charge in [0.05, 0.1) is 6.54 Å². The molecule has 1 saturated heterocycles. The molecule has 1 aromatic heterocycles. The van der Waals surface area contributed by atoms with Gasteiger partial charge >= 0.3 is 0 Å². The molecule has 1 amide bonds. The maximum Gasteiger partial charge on any atom is 0.240 e. The van der Waals surface area contributed by atoms with Gasteiger partial charge < -0.3 is 5.32 Å². The van der Waals surface area contributed by atoms with Gasteiger partial charge in [0.1, 0.15) is 0 Å². The zero-order chi connectivity index (χ0) is 12.3. The molecule has 0 aliphatic carbocycles. The number of piperidine rings is 1. The summed E-state index contributed by atoms with van der Waals surface area (Å²) in [5.74, 6) is 0.0422. The second-order valence-electron chi connectivity index (χ2n) is 4.69. The number of amides is 1. The average Bonchev–Trinajstić information content (AvgIpc) is 2.76. The SMILES string of the molecule is CC1CCCC(C)N1CC(=O)Nc1nccs1. The van der Waals surface area contributed by atoms with Gasteiger partial charge in [0, 0.05) is 23.7 Å². The van der Waals surface area contributed by atoms with Crippen molar-refractivity contribution in [3.05, 3.63) is 11.6 Å². The zero-order valence-corrected chi connectivity index (χ0v) is 11.2. The van der Waals surface area contributed by atoms with Gasteiger partial charge in [-0.05, 0) is 26.7 Å². The van der Waals surface area contributed by atoms with E-state index in [-0.39, 0.29) is 5.91 Å². The molecule has 0 bridgehead atoms. The molecule has 94 valence electrons. The highest BCUT2D eigenvalue weighted by atomic mass is 32.1.